The smallest absolute Gasteiger partial charge is 0.191 e. The van der Waals surface area contributed by atoms with Crippen molar-refractivity contribution >= 4 is 22.7 Å². The van der Waals surface area contributed by atoms with Crippen molar-refractivity contribution in [2.45, 2.75) is 36.2 Å². The molecule has 5 nitrogen and oxygen atoms in total. The monoisotopic (exact) mass is 417 g/mol. The lowest BCUT2D eigenvalue weighted by molar-refractivity contribution is 0.193. The van der Waals surface area contributed by atoms with E-state index >= 15 is 0 Å². The van der Waals surface area contributed by atoms with Gasteiger partial charge in [0.15, 0.2) is 5.16 Å². The quantitative estimate of drug-likeness (QED) is 0.450. The van der Waals surface area contributed by atoms with Crippen LogP contribution in [-0.2, 0) is 19.3 Å². The lowest BCUT2D eigenvalue weighted by atomic mass is 9.97. The predicted molar refractivity (Wildman–Crippen MR) is 123 cm³/mol. The average Bonchev–Trinajstić information content (AvgIpc) is 3.35. The molecular weight excluding hydrogens is 390 g/mol. The maximum Gasteiger partial charge on any atom is 0.191 e. The number of nitrogens with one attached hydrogen (secondary N) is 1. The van der Waals surface area contributed by atoms with Gasteiger partial charge in [0.2, 0.25) is 0 Å². The van der Waals surface area contributed by atoms with Crippen LogP contribution in [0.2, 0.25) is 0 Å². The first kappa shape index (κ1) is 19.4. The Morgan fingerprint density at radius 3 is 2.77 bits per heavy atom. The van der Waals surface area contributed by atoms with Crippen LogP contribution >= 0.6 is 11.8 Å². The van der Waals surface area contributed by atoms with Crippen molar-refractivity contribution in [3.63, 3.8) is 0 Å². The van der Waals surface area contributed by atoms with Crippen LogP contribution in [-0.4, -0.2) is 37.7 Å². The lowest BCUT2D eigenvalue weighted by Gasteiger charge is -2.31. The molecule has 1 N–H and O–H groups in total. The third-order valence-corrected chi connectivity index (χ3v) is 7.02. The van der Waals surface area contributed by atoms with Gasteiger partial charge in [0.05, 0.1) is 0 Å². The van der Waals surface area contributed by atoms with Crippen LogP contribution in [0.3, 0.4) is 0 Å². The van der Waals surface area contributed by atoms with Crippen molar-refractivity contribution < 1.29 is 0 Å². The number of H-pyrrole nitrogens is 1. The Morgan fingerprint density at radius 1 is 1.07 bits per heavy atom. The molecule has 5 rings (SSSR count). The Bertz CT molecular complexity index is 1080. The molecule has 1 fully saturated rings. The van der Waals surface area contributed by atoms with Gasteiger partial charge < -0.3 is 9.55 Å². The van der Waals surface area contributed by atoms with E-state index in [-0.39, 0.29) is 0 Å². The lowest BCUT2D eigenvalue weighted by Crippen LogP contribution is -2.34. The van der Waals surface area contributed by atoms with E-state index in [1.807, 2.05) is 0 Å². The summed E-state index contributed by atoms with van der Waals surface area (Å²) in [5, 5.41) is 11.4. The first-order chi connectivity index (χ1) is 14.8. The van der Waals surface area contributed by atoms with E-state index in [0.29, 0.717) is 5.92 Å². The molecule has 0 bridgehead atoms. The fraction of sp³-hybridized carbons (Fsp3) is 0.333. The molecule has 1 aliphatic rings. The standard InChI is InChI=1S/C24H27N5S/c1-28-23(26-27-24(28)30-17-18-8-3-2-4-9-18)20-11-7-13-29(15-20)16-21-14-19-10-5-6-12-22(19)25-21/h2-6,8-10,12,14,20,25H,7,11,13,15-17H2,1H3. The van der Waals surface area contributed by atoms with Gasteiger partial charge in [-0.2, -0.15) is 0 Å². The molecule has 1 aliphatic heterocycles. The van der Waals surface area contributed by atoms with Gasteiger partial charge in [0.1, 0.15) is 5.82 Å². The van der Waals surface area contributed by atoms with Crippen molar-refractivity contribution in [2.24, 2.45) is 7.05 Å². The third-order valence-electron chi connectivity index (χ3n) is 5.93. The number of thioether (sulfide) groups is 1. The summed E-state index contributed by atoms with van der Waals surface area (Å²) in [6.07, 6.45) is 2.38. The van der Waals surface area contributed by atoms with E-state index in [4.69, 9.17) is 0 Å². The third kappa shape index (κ3) is 4.16. The average molecular weight is 418 g/mol. The minimum atomic E-state index is 0.437. The molecule has 30 heavy (non-hydrogen) atoms. The van der Waals surface area contributed by atoms with Crippen LogP contribution in [0.25, 0.3) is 10.9 Å². The molecule has 154 valence electrons. The van der Waals surface area contributed by atoms with Crippen LogP contribution in [0, 0.1) is 0 Å². The largest absolute Gasteiger partial charge is 0.357 e. The van der Waals surface area contributed by atoms with Gasteiger partial charge in [0, 0.05) is 43.0 Å². The number of aromatic amines is 1. The van der Waals surface area contributed by atoms with Crippen molar-refractivity contribution in [3.05, 3.63) is 77.7 Å². The summed E-state index contributed by atoms with van der Waals surface area (Å²) >= 11 is 1.76. The van der Waals surface area contributed by atoms with Gasteiger partial charge >= 0.3 is 0 Å². The summed E-state index contributed by atoms with van der Waals surface area (Å²) in [5.74, 6) is 2.47. The first-order valence-electron chi connectivity index (χ1n) is 10.6. The minimum Gasteiger partial charge on any atom is -0.357 e. The zero-order chi connectivity index (χ0) is 20.3. The van der Waals surface area contributed by atoms with Gasteiger partial charge in [-0.05, 0) is 42.5 Å². The number of piperidine rings is 1. The zero-order valence-electron chi connectivity index (χ0n) is 17.3. The first-order valence-corrected chi connectivity index (χ1v) is 11.6. The molecule has 1 unspecified atom stereocenters. The van der Waals surface area contributed by atoms with Crippen molar-refractivity contribution in [2.75, 3.05) is 13.1 Å². The Balaban J connectivity index is 1.25. The number of fused-ring (bicyclic) bond motifs is 1. The van der Waals surface area contributed by atoms with Crippen LogP contribution in [0.4, 0.5) is 0 Å². The molecule has 0 radical (unpaired) electrons. The molecular formula is C24H27N5S. The normalized spacial score (nSPS) is 17.6. The molecule has 1 atom stereocenters. The van der Waals surface area contributed by atoms with E-state index in [1.54, 1.807) is 11.8 Å². The molecule has 0 spiro atoms. The number of hydrogen-bond donors (Lipinski definition) is 1. The van der Waals surface area contributed by atoms with Crippen LogP contribution < -0.4 is 0 Å². The Hall–Kier alpha value is -2.57. The SMILES string of the molecule is Cn1c(SCc2ccccc2)nnc1C1CCCN(Cc2cc3ccccc3[nH]2)C1. The van der Waals surface area contributed by atoms with Gasteiger partial charge in [0.25, 0.3) is 0 Å². The zero-order valence-corrected chi connectivity index (χ0v) is 18.1. The number of nitrogens with zero attached hydrogens (tertiary/aromatic N) is 4. The molecule has 4 aromatic rings. The molecule has 2 aromatic carbocycles. The van der Waals surface area contributed by atoms with Crippen molar-refractivity contribution in [3.8, 4) is 0 Å². The topological polar surface area (TPSA) is 49.7 Å². The van der Waals surface area contributed by atoms with Gasteiger partial charge in [-0.1, -0.05) is 60.3 Å². The second-order valence-corrected chi connectivity index (χ2v) is 9.07. The minimum absolute atomic E-state index is 0.437. The molecule has 6 heteroatoms. The van der Waals surface area contributed by atoms with Crippen LogP contribution in [0.1, 0.15) is 35.8 Å². The maximum atomic E-state index is 4.59. The van der Waals surface area contributed by atoms with E-state index in [1.165, 1.54) is 35.0 Å². The number of hydrogen-bond acceptors (Lipinski definition) is 4. The summed E-state index contributed by atoms with van der Waals surface area (Å²) in [6, 6.07) is 21.3. The van der Waals surface area contributed by atoms with Gasteiger partial charge in [-0.15, -0.1) is 10.2 Å². The Morgan fingerprint density at radius 2 is 1.90 bits per heavy atom. The van der Waals surface area contributed by atoms with E-state index in [9.17, 15) is 0 Å². The summed E-state index contributed by atoms with van der Waals surface area (Å²) in [7, 11) is 2.11. The molecule has 0 amide bonds. The Labute approximate surface area is 181 Å². The number of benzene rings is 2. The summed E-state index contributed by atoms with van der Waals surface area (Å²) in [4.78, 5) is 6.11. The van der Waals surface area contributed by atoms with Gasteiger partial charge in [-0.3, -0.25) is 4.90 Å². The summed E-state index contributed by atoms with van der Waals surface area (Å²) < 4.78 is 2.20. The van der Waals surface area contributed by atoms with Crippen molar-refractivity contribution in [1.29, 1.82) is 0 Å². The van der Waals surface area contributed by atoms with Crippen LogP contribution in [0.5, 0.6) is 0 Å². The fourth-order valence-electron chi connectivity index (χ4n) is 4.40. The van der Waals surface area contributed by atoms with Crippen molar-refractivity contribution in [1.82, 2.24) is 24.6 Å². The maximum absolute atomic E-state index is 4.59. The highest BCUT2D eigenvalue weighted by Crippen LogP contribution is 2.29. The highest BCUT2D eigenvalue weighted by Gasteiger charge is 2.26. The van der Waals surface area contributed by atoms with E-state index in [0.717, 1.165) is 36.4 Å². The van der Waals surface area contributed by atoms with E-state index < -0.39 is 0 Å². The Kier molecular flexibility index (Phi) is 5.60. The molecule has 0 aliphatic carbocycles. The number of likely N-dealkylation sites (tertiary alicyclic amines) is 1. The number of para-hydroxylation sites is 1. The second-order valence-electron chi connectivity index (χ2n) is 8.13. The van der Waals surface area contributed by atoms with Crippen LogP contribution in [0.15, 0.2) is 65.8 Å². The van der Waals surface area contributed by atoms with Gasteiger partial charge in [-0.25, -0.2) is 0 Å². The highest BCUT2D eigenvalue weighted by atomic mass is 32.2. The number of aromatic nitrogens is 4. The molecule has 1 saturated heterocycles. The molecule has 2 aromatic heterocycles. The summed E-state index contributed by atoms with van der Waals surface area (Å²) in [5.41, 5.74) is 3.82. The van der Waals surface area contributed by atoms with E-state index in [2.05, 4.69) is 92.4 Å². The summed E-state index contributed by atoms with van der Waals surface area (Å²) in [6.45, 7) is 3.13. The highest BCUT2D eigenvalue weighted by molar-refractivity contribution is 7.98. The predicted octanol–water partition coefficient (Wildman–Crippen LogP) is 4.97. The molecule has 3 heterocycles. The second kappa shape index (κ2) is 8.66. The fourth-order valence-corrected chi connectivity index (χ4v) is 5.27. The molecule has 0 saturated carbocycles. The number of rotatable bonds is 6.